The number of benzene rings is 2. The van der Waals surface area contributed by atoms with E-state index in [1.807, 2.05) is 48.5 Å². The summed E-state index contributed by atoms with van der Waals surface area (Å²) in [5.74, 6) is -0.000262. The standard InChI is InChI=1S/C15H10ClNO/c16-13-9-17-14-11(13)7-4-8-12(14)15(18)10-5-2-1-3-6-10/h1-9,17H. The van der Waals surface area contributed by atoms with Crippen molar-refractivity contribution < 1.29 is 4.79 Å². The Kier molecular flexibility index (Phi) is 2.65. The van der Waals surface area contributed by atoms with E-state index in [0.29, 0.717) is 16.1 Å². The normalized spacial score (nSPS) is 10.7. The highest BCUT2D eigenvalue weighted by Crippen LogP contribution is 2.26. The fourth-order valence-electron chi connectivity index (χ4n) is 2.05. The molecule has 3 aromatic rings. The van der Waals surface area contributed by atoms with Gasteiger partial charge in [0.1, 0.15) is 0 Å². The van der Waals surface area contributed by atoms with Crippen molar-refractivity contribution in [1.82, 2.24) is 4.98 Å². The fraction of sp³-hybridized carbons (Fsp3) is 0. The van der Waals surface area contributed by atoms with Crippen LogP contribution in [0.4, 0.5) is 0 Å². The summed E-state index contributed by atoms with van der Waals surface area (Å²) in [6.07, 6.45) is 1.70. The van der Waals surface area contributed by atoms with Crippen molar-refractivity contribution >= 4 is 28.3 Å². The maximum Gasteiger partial charge on any atom is 0.195 e. The van der Waals surface area contributed by atoms with Crippen molar-refractivity contribution in [2.45, 2.75) is 0 Å². The first-order chi connectivity index (χ1) is 8.77. The predicted octanol–water partition coefficient (Wildman–Crippen LogP) is 4.05. The lowest BCUT2D eigenvalue weighted by Gasteiger charge is -2.02. The number of aromatic amines is 1. The molecule has 88 valence electrons. The average molecular weight is 256 g/mol. The Hall–Kier alpha value is -2.06. The number of aromatic nitrogens is 1. The van der Waals surface area contributed by atoms with Gasteiger partial charge in [-0.2, -0.15) is 0 Å². The van der Waals surface area contributed by atoms with E-state index in [2.05, 4.69) is 4.98 Å². The van der Waals surface area contributed by atoms with Crippen LogP contribution < -0.4 is 0 Å². The Morgan fingerprint density at radius 1 is 1.00 bits per heavy atom. The van der Waals surface area contributed by atoms with Gasteiger partial charge in [-0.1, -0.05) is 54.1 Å². The van der Waals surface area contributed by atoms with Crippen LogP contribution in [-0.4, -0.2) is 10.8 Å². The summed E-state index contributed by atoms with van der Waals surface area (Å²) in [6, 6.07) is 14.8. The lowest BCUT2D eigenvalue weighted by molar-refractivity contribution is 0.104. The van der Waals surface area contributed by atoms with Gasteiger partial charge < -0.3 is 4.98 Å². The lowest BCUT2D eigenvalue weighted by Crippen LogP contribution is -2.01. The van der Waals surface area contributed by atoms with Gasteiger partial charge in [0.2, 0.25) is 0 Å². The van der Waals surface area contributed by atoms with E-state index >= 15 is 0 Å². The molecule has 0 aliphatic carbocycles. The summed E-state index contributed by atoms with van der Waals surface area (Å²) in [4.78, 5) is 15.5. The van der Waals surface area contributed by atoms with Crippen LogP contribution in [0.25, 0.3) is 10.9 Å². The molecule has 1 heterocycles. The Morgan fingerprint density at radius 3 is 2.56 bits per heavy atom. The summed E-state index contributed by atoms with van der Waals surface area (Å²) in [6.45, 7) is 0. The Balaban J connectivity index is 2.18. The number of ketones is 1. The molecular formula is C15H10ClNO. The minimum Gasteiger partial charge on any atom is -0.359 e. The highest BCUT2D eigenvalue weighted by Gasteiger charge is 2.13. The highest BCUT2D eigenvalue weighted by molar-refractivity contribution is 6.36. The second-order valence-corrected chi connectivity index (χ2v) is 4.47. The first kappa shape index (κ1) is 11.1. The molecule has 0 aliphatic heterocycles. The maximum atomic E-state index is 12.4. The van der Waals surface area contributed by atoms with Gasteiger partial charge in [0.25, 0.3) is 0 Å². The Labute approximate surface area is 109 Å². The summed E-state index contributed by atoms with van der Waals surface area (Å²) >= 11 is 6.05. The van der Waals surface area contributed by atoms with Gasteiger partial charge in [-0.3, -0.25) is 4.79 Å². The molecule has 2 aromatic carbocycles. The van der Waals surface area contributed by atoms with Crippen LogP contribution in [0.15, 0.2) is 54.7 Å². The molecule has 0 fully saturated rings. The van der Waals surface area contributed by atoms with Crippen LogP contribution in [0.5, 0.6) is 0 Å². The van der Waals surface area contributed by atoms with Crippen LogP contribution in [0.3, 0.4) is 0 Å². The van der Waals surface area contributed by atoms with E-state index < -0.39 is 0 Å². The van der Waals surface area contributed by atoms with Crippen molar-refractivity contribution in [3.63, 3.8) is 0 Å². The number of hydrogen-bond acceptors (Lipinski definition) is 1. The molecule has 2 nitrogen and oxygen atoms in total. The Bertz CT molecular complexity index is 716. The minimum absolute atomic E-state index is 0.000262. The number of nitrogens with one attached hydrogen (secondary N) is 1. The van der Waals surface area contributed by atoms with E-state index in [4.69, 9.17) is 11.6 Å². The third-order valence-corrected chi connectivity index (χ3v) is 3.26. The number of para-hydroxylation sites is 1. The van der Waals surface area contributed by atoms with Gasteiger partial charge in [-0.25, -0.2) is 0 Å². The number of halogens is 1. The first-order valence-corrected chi connectivity index (χ1v) is 6.00. The molecule has 1 aromatic heterocycles. The zero-order valence-corrected chi connectivity index (χ0v) is 10.2. The van der Waals surface area contributed by atoms with Gasteiger partial charge in [0.05, 0.1) is 10.5 Å². The topological polar surface area (TPSA) is 32.9 Å². The molecule has 0 atom stereocenters. The van der Waals surface area contributed by atoms with Gasteiger partial charge in [0, 0.05) is 22.7 Å². The molecule has 0 unspecified atom stereocenters. The molecule has 0 aliphatic rings. The fourth-order valence-corrected chi connectivity index (χ4v) is 2.27. The minimum atomic E-state index is -0.000262. The average Bonchev–Trinajstić information content (AvgIpc) is 2.81. The van der Waals surface area contributed by atoms with Gasteiger partial charge in [0.15, 0.2) is 5.78 Å². The largest absolute Gasteiger partial charge is 0.359 e. The molecule has 0 spiro atoms. The molecular weight excluding hydrogens is 246 g/mol. The van der Waals surface area contributed by atoms with Crippen molar-refractivity contribution in [3.05, 3.63) is 70.9 Å². The van der Waals surface area contributed by atoms with Crippen molar-refractivity contribution in [2.75, 3.05) is 0 Å². The third-order valence-electron chi connectivity index (χ3n) is 2.95. The predicted molar refractivity (Wildman–Crippen MR) is 73.2 cm³/mol. The number of fused-ring (bicyclic) bond motifs is 1. The van der Waals surface area contributed by atoms with Crippen LogP contribution in [0.1, 0.15) is 15.9 Å². The summed E-state index contributed by atoms with van der Waals surface area (Å²) < 4.78 is 0. The SMILES string of the molecule is O=C(c1ccccc1)c1cccc2c(Cl)c[nH]c12. The molecule has 0 bridgehead atoms. The quantitative estimate of drug-likeness (QED) is 0.689. The third kappa shape index (κ3) is 1.71. The van der Waals surface area contributed by atoms with Crippen LogP contribution >= 0.6 is 11.6 Å². The second-order valence-electron chi connectivity index (χ2n) is 4.06. The molecule has 0 saturated heterocycles. The molecule has 0 amide bonds. The van der Waals surface area contributed by atoms with Crippen molar-refractivity contribution in [2.24, 2.45) is 0 Å². The van der Waals surface area contributed by atoms with Crippen molar-refractivity contribution in [1.29, 1.82) is 0 Å². The van der Waals surface area contributed by atoms with E-state index in [-0.39, 0.29) is 5.78 Å². The number of rotatable bonds is 2. The summed E-state index contributed by atoms with van der Waals surface area (Å²) in [5, 5.41) is 1.51. The highest BCUT2D eigenvalue weighted by atomic mass is 35.5. The first-order valence-electron chi connectivity index (χ1n) is 5.63. The number of H-pyrrole nitrogens is 1. The van der Waals surface area contributed by atoms with E-state index in [1.54, 1.807) is 6.20 Å². The van der Waals surface area contributed by atoms with Gasteiger partial charge in [-0.05, 0) is 6.07 Å². The summed E-state index contributed by atoms with van der Waals surface area (Å²) in [7, 11) is 0. The zero-order chi connectivity index (χ0) is 12.5. The number of hydrogen-bond donors (Lipinski definition) is 1. The molecule has 3 rings (SSSR count). The maximum absolute atomic E-state index is 12.4. The lowest BCUT2D eigenvalue weighted by atomic mass is 10.0. The smallest absolute Gasteiger partial charge is 0.195 e. The number of carbonyl (C=O) groups is 1. The monoisotopic (exact) mass is 255 g/mol. The van der Waals surface area contributed by atoms with Gasteiger partial charge in [-0.15, -0.1) is 0 Å². The van der Waals surface area contributed by atoms with E-state index in [1.165, 1.54) is 0 Å². The van der Waals surface area contributed by atoms with E-state index in [9.17, 15) is 4.79 Å². The molecule has 0 radical (unpaired) electrons. The van der Waals surface area contributed by atoms with Gasteiger partial charge >= 0.3 is 0 Å². The Morgan fingerprint density at radius 2 is 1.78 bits per heavy atom. The van der Waals surface area contributed by atoms with Crippen LogP contribution in [0, 0.1) is 0 Å². The molecule has 1 N–H and O–H groups in total. The molecule has 0 saturated carbocycles. The van der Waals surface area contributed by atoms with Crippen LogP contribution in [-0.2, 0) is 0 Å². The second kappa shape index (κ2) is 4.31. The zero-order valence-electron chi connectivity index (χ0n) is 9.48. The van der Waals surface area contributed by atoms with E-state index in [0.717, 1.165) is 10.9 Å². The van der Waals surface area contributed by atoms with Crippen molar-refractivity contribution in [3.8, 4) is 0 Å². The van der Waals surface area contributed by atoms with Crippen LogP contribution in [0.2, 0.25) is 5.02 Å². The molecule has 3 heteroatoms. The summed E-state index contributed by atoms with van der Waals surface area (Å²) in [5.41, 5.74) is 2.11. The number of carbonyl (C=O) groups excluding carboxylic acids is 1. The molecule has 18 heavy (non-hydrogen) atoms.